The van der Waals surface area contributed by atoms with Gasteiger partial charge in [0.1, 0.15) is 0 Å². The largest absolute Gasteiger partial charge is 0.287 e. The van der Waals surface area contributed by atoms with Gasteiger partial charge in [0.05, 0.1) is 9.75 Å². The van der Waals surface area contributed by atoms with Crippen molar-refractivity contribution in [2.45, 2.75) is 0 Å². The van der Waals surface area contributed by atoms with Crippen LogP contribution in [-0.2, 0) is 0 Å². The monoisotopic (exact) mass is 250 g/mol. The molecule has 0 aromatic carbocycles. The number of carbonyl (C=O) groups excluding carboxylic acids is 1. The SMILES string of the molecule is O=C(c1cccs1)c1cc2sccc2s1. The molecule has 0 aliphatic heterocycles. The fourth-order valence-corrected chi connectivity index (χ4v) is 4.21. The van der Waals surface area contributed by atoms with Crippen LogP contribution in [0.3, 0.4) is 0 Å². The van der Waals surface area contributed by atoms with Gasteiger partial charge in [-0.1, -0.05) is 6.07 Å². The number of hydrogen-bond acceptors (Lipinski definition) is 4. The molecule has 3 heterocycles. The lowest BCUT2D eigenvalue weighted by Crippen LogP contribution is -1.93. The lowest BCUT2D eigenvalue weighted by Gasteiger charge is -1.90. The van der Waals surface area contributed by atoms with Crippen LogP contribution in [0, 0.1) is 0 Å². The lowest BCUT2D eigenvalue weighted by atomic mass is 10.3. The molecule has 15 heavy (non-hydrogen) atoms. The molecule has 0 radical (unpaired) electrons. The van der Waals surface area contributed by atoms with E-state index in [0.717, 1.165) is 9.75 Å². The topological polar surface area (TPSA) is 17.1 Å². The van der Waals surface area contributed by atoms with Crippen molar-refractivity contribution < 1.29 is 4.79 Å². The second-order valence-electron chi connectivity index (χ2n) is 3.07. The summed E-state index contributed by atoms with van der Waals surface area (Å²) in [5.74, 6) is 0.151. The first-order valence-corrected chi connectivity index (χ1v) is 6.97. The van der Waals surface area contributed by atoms with Crippen LogP contribution in [0.5, 0.6) is 0 Å². The standard InChI is InChI=1S/C11H6OS3/c12-11(8-2-1-4-13-8)10-6-9-7(15-10)3-5-14-9/h1-6H. The third-order valence-electron chi connectivity index (χ3n) is 2.11. The van der Waals surface area contributed by atoms with Crippen LogP contribution >= 0.6 is 34.0 Å². The van der Waals surface area contributed by atoms with Gasteiger partial charge in [0, 0.05) is 9.40 Å². The van der Waals surface area contributed by atoms with E-state index in [4.69, 9.17) is 0 Å². The van der Waals surface area contributed by atoms with E-state index in [-0.39, 0.29) is 5.78 Å². The van der Waals surface area contributed by atoms with Gasteiger partial charge >= 0.3 is 0 Å². The van der Waals surface area contributed by atoms with Crippen LogP contribution in [0.15, 0.2) is 35.0 Å². The van der Waals surface area contributed by atoms with Gasteiger partial charge in [-0.15, -0.1) is 34.0 Å². The fourth-order valence-electron chi connectivity index (χ4n) is 1.41. The first-order valence-electron chi connectivity index (χ1n) is 4.40. The molecule has 0 unspecified atom stereocenters. The Bertz CT molecular complexity index is 572. The number of carbonyl (C=O) groups is 1. The zero-order valence-electron chi connectivity index (χ0n) is 7.60. The molecule has 3 aromatic rings. The minimum Gasteiger partial charge on any atom is -0.287 e. The van der Waals surface area contributed by atoms with E-state index >= 15 is 0 Å². The molecular weight excluding hydrogens is 244 g/mol. The van der Waals surface area contributed by atoms with Gasteiger partial charge in [0.2, 0.25) is 5.78 Å². The minimum atomic E-state index is 0.151. The Morgan fingerprint density at radius 2 is 1.93 bits per heavy atom. The molecular formula is C11H6OS3. The molecule has 0 fully saturated rings. The molecule has 74 valence electrons. The number of fused-ring (bicyclic) bond motifs is 1. The van der Waals surface area contributed by atoms with Gasteiger partial charge in [-0.3, -0.25) is 4.79 Å². The van der Waals surface area contributed by atoms with Crippen molar-refractivity contribution in [1.29, 1.82) is 0 Å². The molecule has 0 N–H and O–H groups in total. The maximum Gasteiger partial charge on any atom is 0.212 e. The first-order chi connectivity index (χ1) is 7.34. The third kappa shape index (κ3) is 1.55. The van der Waals surface area contributed by atoms with Crippen molar-refractivity contribution in [2.24, 2.45) is 0 Å². The molecule has 0 spiro atoms. The summed E-state index contributed by atoms with van der Waals surface area (Å²) in [6.45, 7) is 0. The predicted molar refractivity (Wildman–Crippen MR) is 67.5 cm³/mol. The Kier molecular flexibility index (Phi) is 2.20. The highest BCUT2D eigenvalue weighted by molar-refractivity contribution is 7.28. The van der Waals surface area contributed by atoms with Crippen molar-refractivity contribution in [3.63, 3.8) is 0 Å². The van der Waals surface area contributed by atoms with Gasteiger partial charge in [-0.05, 0) is 29.0 Å². The Morgan fingerprint density at radius 1 is 1.00 bits per heavy atom. The number of thiophene rings is 3. The van der Waals surface area contributed by atoms with E-state index in [1.165, 1.54) is 20.7 Å². The van der Waals surface area contributed by atoms with Crippen LogP contribution in [-0.4, -0.2) is 5.78 Å². The quantitative estimate of drug-likeness (QED) is 0.621. The average molecular weight is 250 g/mol. The molecule has 0 aliphatic rings. The van der Waals surface area contributed by atoms with E-state index in [1.54, 1.807) is 22.7 Å². The summed E-state index contributed by atoms with van der Waals surface area (Å²) in [6.07, 6.45) is 0. The molecule has 0 saturated heterocycles. The van der Waals surface area contributed by atoms with E-state index in [9.17, 15) is 4.79 Å². The minimum absolute atomic E-state index is 0.151. The Balaban J connectivity index is 2.07. The van der Waals surface area contributed by atoms with Crippen LogP contribution < -0.4 is 0 Å². The fraction of sp³-hybridized carbons (Fsp3) is 0. The number of rotatable bonds is 2. The lowest BCUT2D eigenvalue weighted by molar-refractivity contribution is 0.104. The maximum absolute atomic E-state index is 12.0. The van der Waals surface area contributed by atoms with Gasteiger partial charge in [0.25, 0.3) is 0 Å². The first kappa shape index (κ1) is 9.27. The molecule has 0 aliphatic carbocycles. The van der Waals surface area contributed by atoms with E-state index in [2.05, 4.69) is 11.4 Å². The molecule has 0 bridgehead atoms. The zero-order valence-corrected chi connectivity index (χ0v) is 10.0. The van der Waals surface area contributed by atoms with Crippen molar-refractivity contribution in [1.82, 2.24) is 0 Å². The van der Waals surface area contributed by atoms with Gasteiger partial charge in [0.15, 0.2) is 0 Å². The maximum atomic E-state index is 12.0. The highest BCUT2D eigenvalue weighted by atomic mass is 32.1. The highest BCUT2D eigenvalue weighted by Gasteiger charge is 2.13. The molecule has 0 atom stereocenters. The van der Waals surface area contributed by atoms with E-state index < -0.39 is 0 Å². The summed E-state index contributed by atoms with van der Waals surface area (Å²) in [5, 5.41) is 3.99. The summed E-state index contributed by atoms with van der Waals surface area (Å²) in [7, 11) is 0. The van der Waals surface area contributed by atoms with Crippen molar-refractivity contribution in [2.75, 3.05) is 0 Å². The Morgan fingerprint density at radius 3 is 2.67 bits per heavy atom. The number of ketones is 1. The van der Waals surface area contributed by atoms with Gasteiger partial charge < -0.3 is 0 Å². The number of hydrogen-bond donors (Lipinski definition) is 0. The average Bonchev–Trinajstić information content (AvgIpc) is 2.92. The predicted octanol–water partition coefficient (Wildman–Crippen LogP) is 4.26. The van der Waals surface area contributed by atoms with Gasteiger partial charge in [-0.2, -0.15) is 0 Å². The van der Waals surface area contributed by atoms with Crippen LogP contribution in [0.2, 0.25) is 0 Å². The summed E-state index contributed by atoms with van der Waals surface area (Å²) in [5.41, 5.74) is 0. The highest BCUT2D eigenvalue weighted by Crippen LogP contribution is 2.31. The second kappa shape index (κ2) is 3.56. The summed E-state index contributed by atoms with van der Waals surface area (Å²) < 4.78 is 2.42. The smallest absolute Gasteiger partial charge is 0.212 e. The molecule has 0 amide bonds. The Labute approximate surface area is 98.6 Å². The second-order valence-corrected chi connectivity index (χ2v) is 6.05. The summed E-state index contributed by atoms with van der Waals surface area (Å²) in [6, 6.07) is 7.84. The molecule has 3 rings (SSSR count). The van der Waals surface area contributed by atoms with Crippen LogP contribution in [0.4, 0.5) is 0 Å². The molecule has 0 saturated carbocycles. The normalized spacial score (nSPS) is 10.9. The molecule has 4 heteroatoms. The van der Waals surface area contributed by atoms with Crippen molar-refractivity contribution in [3.05, 3.63) is 44.8 Å². The van der Waals surface area contributed by atoms with E-state index in [1.807, 2.05) is 23.6 Å². The summed E-state index contributed by atoms with van der Waals surface area (Å²) in [4.78, 5) is 13.7. The molecule has 1 nitrogen and oxygen atoms in total. The summed E-state index contributed by atoms with van der Waals surface area (Å²) >= 11 is 4.76. The van der Waals surface area contributed by atoms with Crippen LogP contribution in [0.1, 0.15) is 14.5 Å². The van der Waals surface area contributed by atoms with Crippen molar-refractivity contribution in [3.8, 4) is 0 Å². The zero-order chi connectivity index (χ0) is 10.3. The van der Waals surface area contributed by atoms with Crippen molar-refractivity contribution >= 4 is 49.2 Å². The Hall–Kier alpha value is -0.970. The van der Waals surface area contributed by atoms with Crippen LogP contribution in [0.25, 0.3) is 9.40 Å². The van der Waals surface area contributed by atoms with Gasteiger partial charge in [-0.25, -0.2) is 0 Å². The third-order valence-corrected chi connectivity index (χ3v) is 5.07. The van der Waals surface area contributed by atoms with E-state index in [0.29, 0.717) is 0 Å². The molecule has 3 aromatic heterocycles.